The summed E-state index contributed by atoms with van der Waals surface area (Å²) in [6, 6.07) is 13.6. The molecule has 0 N–H and O–H groups in total. The number of benzene rings is 2. The van der Waals surface area contributed by atoms with Gasteiger partial charge in [0, 0.05) is 7.05 Å². The monoisotopic (exact) mass is 398 g/mol. The molecular formula is C21H22N2O4S. The summed E-state index contributed by atoms with van der Waals surface area (Å²) in [6.07, 6.45) is 0. The van der Waals surface area contributed by atoms with E-state index in [1.165, 1.54) is 4.90 Å². The highest BCUT2D eigenvalue weighted by molar-refractivity contribution is 7.18. The van der Waals surface area contributed by atoms with Gasteiger partial charge in [0.2, 0.25) is 0 Å². The Morgan fingerprint density at radius 1 is 1.11 bits per heavy atom. The summed E-state index contributed by atoms with van der Waals surface area (Å²) < 4.78 is 11.6. The van der Waals surface area contributed by atoms with Crippen LogP contribution in [0.1, 0.15) is 16.1 Å². The first-order valence-electron chi connectivity index (χ1n) is 8.86. The molecule has 0 saturated heterocycles. The van der Waals surface area contributed by atoms with Crippen molar-refractivity contribution in [2.75, 3.05) is 20.3 Å². The fourth-order valence-corrected chi connectivity index (χ4v) is 3.59. The first-order valence-corrected chi connectivity index (χ1v) is 9.68. The molecule has 6 nitrogen and oxygen atoms in total. The second-order valence-corrected chi connectivity index (χ2v) is 7.66. The first kappa shape index (κ1) is 19.8. The number of amides is 1. The van der Waals surface area contributed by atoms with Crippen LogP contribution >= 0.6 is 11.3 Å². The lowest BCUT2D eigenvalue weighted by Gasteiger charge is -2.15. The number of hydrogen-bond acceptors (Lipinski definition) is 6. The van der Waals surface area contributed by atoms with Crippen molar-refractivity contribution >= 4 is 33.4 Å². The van der Waals surface area contributed by atoms with Gasteiger partial charge in [-0.2, -0.15) is 0 Å². The number of hydrogen-bond donors (Lipinski definition) is 0. The molecule has 3 aromatic rings. The molecule has 2 aromatic carbocycles. The molecule has 1 heterocycles. The standard InChI is InChI=1S/C21H22N2O4S/c1-14-8-9-15(2)17(10-14)26-13-21(25)27-12-20(24)23(3)11-19-22-16-6-4-5-7-18(16)28-19/h4-10H,11-13H2,1-3H3. The lowest BCUT2D eigenvalue weighted by Crippen LogP contribution is -2.31. The van der Waals surface area contributed by atoms with E-state index < -0.39 is 5.97 Å². The fraction of sp³-hybridized carbons (Fsp3) is 0.286. The third-order valence-corrected chi connectivity index (χ3v) is 5.20. The Kier molecular flexibility index (Phi) is 6.26. The number of thiazole rings is 1. The SMILES string of the molecule is Cc1ccc(C)c(OCC(=O)OCC(=O)N(C)Cc2nc3ccccc3s2)c1. The van der Waals surface area contributed by atoms with Crippen molar-refractivity contribution < 1.29 is 19.1 Å². The van der Waals surface area contributed by atoms with Crippen molar-refractivity contribution in [3.63, 3.8) is 0 Å². The van der Waals surface area contributed by atoms with Gasteiger partial charge in [0.15, 0.2) is 13.2 Å². The predicted octanol–water partition coefficient (Wildman–Crippen LogP) is 3.49. The number of carbonyl (C=O) groups is 2. The molecule has 28 heavy (non-hydrogen) atoms. The Hall–Kier alpha value is -2.93. The summed E-state index contributed by atoms with van der Waals surface area (Å²) in [6.45, 7) is 3.66. The number of aryl methyl sites for hydroxylation is 2. The highest BCUT2D eigenvalue weighted by atomic mass is 32.1. The van der Waals surface area contributed by atoms with Crippen molar-refractivity contribution in [1.29, 1.82) is 0 Å². The van der Waals surface area contributed by atoms with Crippen molar-refractivity contribution in [3.8, 4) is 5.75 Å². The van der Waals surface area contributed by atoms with Crippen LogP contribution in [0.15, 0.2) is 42.5 Å². The fourth-order valence-electron chi connectivity index (χ4n) is 2.57. The summed E-state index contributed by atoms with van der Waals surface area (Å²) >= 11 is 1.54. The van der Waals surface area contributed by atoms with Gasteiger partial charge in [-0.1, -0.05) is 24.3 Å². The number of likely N-dealkylation sites (N-methyl/N-ethyl adjacent to an activating group) is 1. The molecule has 7 heteroatoms. The van der Waals surface area contributed by atoms with Gasteiger partial charge in [-0.3, -0.25) is 4.79 Å². The van der Waals surface area contributed by atoms with Crippen LogP contribution in [0.4, 0.5) is 0 Å². The van der Waals surface area contributed by atoms with Gasteiger partial charge in [-0.05, 0) is 43.2 Å². The summed E-state index contributed by atoms with van der Waals surface area (Å²) in [4.78, 5) is 30.1. The van der Waals surface area contributed by atoms with Gasteiger partial charge in [0.05, 0.1) is 16.8 Å². The maximum absolute atomic E-state index is 12.2. The maximum Gasteiger partial charge on any atom is 0.344 e. The molecule has 0 spiro atoms. The Morgan fingerprint density at radius 3 is 2.68 bits per heavy atom. The Bertz CT molecular complexity index is 966. The van der Waals surface area contributed by atoms with Gasteiger partial charge in [-0.15, -0.1) is 11.3 Å². The molecule has 0 aliphatic carbocycles. The molecule has 0 atom stereocenters. The van der Waals surface area contributed by atoms with E-state index >= 15 is 0 Å². The molecule has 0 aliphatic heterocycles. The van der Waals surface area contributed by atoms with E-state index in [1.54, 1.807) is 18.4 Å². The zero-order chi connectivity index (χ0) is 20.1. The largest absolute Gasteiger partial charge is 0.482 e. The lowest BCUT2D eigenvalue weighted by molar-refractivity contribution is -0.153. The average molecular weight is 398 g/mol. The van der Waals surface area contributed by atoms with Crippen LogP contribution in [0.25, 0.3) is 10.2 Å². The van der Waals surface area contributed by atoms with Crippen LogP contribution in [-0.2, 0) is 20.9 Å². The highest BCUT2D eigenvalue weighted by Crippen LogP contribution is 2.22. The number of fused-ring (bicyclic) bond motifs is 1. The number of aromatic nitrogens is 1. The molecule has 3 rings (SSSR count). The smallest absolute Gasteiger partial charge is 0.344 e. The maximum atomic E-state index is 12.2. The summed E-state index contributed by atoms with van der Waals surface area (Å²) in [5.41, 5.74) is 2.89. The summed E-state index contributed by atoms with van der Waals surface area (Å²) in [5.74, 6) is -0.238. The third-order valence-electron chi connectivity index (χ3n) is 4.18. The normalized spacial score (nSPS) is 10.7. The number of ether oxygens (including phenoxy) is 2. The van der Waals surface area contributed by atoms with Gasteiger partial charge in [-0.25, -0.2) is 9.78 Å². The molecule has 1 amide bonds. The first-order chi connectivity index (χ1) is 13.4. The van der Waals surface area contributed by atoms with Crippen LogP contribution in [0.5, 0.6) is 5.75 Å². The summed E-state index contributed by atoms with van der Waals surface area (Å²) in [5, 5.41) is 0.835. The molecule has 146 valence electrons. The number of para-hydroxylation sites is 1. The van der Waals surface area contributed by atoms with Gasteiger partial charge in [0.25, 0.3) is 5.91 Å². The minimum absolute atomic E-state index is 0.237. The topological polar surface area (TPSA) is 68.7 Å². The van der Waals surface area contributed by atoms with Crippen molar-refractivity contribution in [2.24, 2.45) is 0 Å². The molecule has 0 radical (unpaired) electrons. The van der Waals surface area contributed by atoms with Crippen LogP contribution in [0, 0.1) is 13.8 Å². The van der Waals surface area contributed by atoms with E-state index in [1.807, 2.05) is 56.3 Å². The van der Waals surface area contributed by atoms with Gasteiger partial charge in [0.1, 0.15) is 10.8 Å². The average Bonchev–Trinajstić information content (AvgIpc) is 3.08. The van der Waals surface area contributed by atoms with Crippen LogP contribution in [-0.4, -0.2) is 42.0 Å². The zero-order valence-corrected chi connectivity index (χ0v) is 16.9. The van der Waals surface area contributed by atoms with Crippen molar-refractivity contribution in [2.45, 2.75) is 20.4 Å². The van der Waals surface area contributed by atoms with E-state index in [0.717, 1.165) is 26.4 Å². The number of rotatable bonds is 7. The molecule has 1 aromatic heterocycles. The van der Waals surface area contributed by atoms with Gasteiger partial charge >= 0.3 is 5.97 Å². The third kappa shape index (κ3) is 5.07. The number of esters is 1. The Morgan fingerprint density at radius 2 is 1.89 bits per heavy atom. The van der Waals surface area contributed by atoms with Gasteiger partial charge < -0.3 is 14.4 Å². The van der Waals surface area contributed by atoms with E-state index in [-0.39, 0.29) is 19.1 Å². The van der Waals surface area contributed by atoms with E-state index in [2.05, 4.69) is 4.98 Å². The molecule has 0 aliphatic rings. The quantitative estimate of drug-likeness (QED) is 0.570. The number of carbonyl (C=O) groups excluding carboxylic acids is 2. The van der Waals surface area contributed by atoms with Crippen LogP contribution in [0.2, 0.25) is 0 Å². The minimum atomic E-state index is -0.581. The van der Waals surface area contributed by atoms with E-state index in [4.69, 9.17) is 9.47 Å². The second-order valence-electron chi connectivity index (χ2n) is 6.54. The lowest BCUT2D eigenvalue weighted by atomic mass is 10.1. The van der Waals surface area contributed by atoms with E-state index in [0.29, 0.717) is 12.3 Å². The predicted molar refractivity (Wildman–Crippen MR) is 108 cm³/mol. The Balaban J connectivity index is 1.46. The Labute approximate surface area is 167 Å². The second kappa shape index (κ2) is 8.84. The van der Waals surface area contributed by atoms with Crippen molar-refractivity contribution in [1.82, 2.24) is 9.88 Å². The van der Waals surface area contributed by atoms with Crippen LogP contribution in [0.3, 0.4) is 0 Å². The summed E-state index contributed by atoms with van der Waals surface area (Å²) in [7, 11) is 1.66. The zero-order valence-electron chi connectivity index (χ0n) is 16.1. The van der Waals surface area contributed by atoms with E-state index in [9.17, 15) is 9.59 Å². The molecule has 0 bridgehead atoms. The minimum Gasteiger partial charge on any atom is -0.482 e. The molecule has 0 fully saturated rings. The molecule has 0 unspecified atom stereocenters. The number of nitrogens with zero attached hydrogens (tertiary/aromatic N) is 2. The highest BCUT2D eigenvalue weighted by Gasteiger charge is 2.15. The molecular weight excluding hydrogens is 376 g/mol. The van der Waals surface area contributed by atoms with Crippen LogP contribution < -0.4 is 4.74 Å². The van der Waals surface area contributed by atoms with Crippen molar-refractivity contribution in [3.05, 3.63) is 58.6 Å². The molecule has 0 saturated carbocycles.